The predicted octanol–water partition coefficient (Wildman–Crippen LogP) is 4.55. The molecule has 0 fully saturated rings. The Morgan fingerprint density at radius 1 is 1.04 bits per heavy atom. The molecule has 0 saturated heterocycles. The third kappa shape index (κ3) is 3.17. The van der Waals surface area contributed by atoms with Crippen LogP contribution in [-0.2, 0) is 6.42 Å². The summed E-state index contributed by atoms with van der Waals surface area (Å²) in [7, 11) is 0. The fourth-order valence-corrected chi connectivity index (χ4v) is 4.23. The molecule has 2 heterocycles. The topological polar surface area (TPSA) is 70.2 Å². The minimum absolute atomic E-state index is 0.106. The number of aromatic amines is 1. The summed E-state index contributed by atoms with van der Waals surface area (Å²) in [5.41, 5.74) is 3.15. The Balaban J connectivity index is 1.76. The van der Waals surface area contributed by atoms with Crippen LogP contribution in [0.15, 0.2) is 71.7 Å². The fraction of sp³-hybridized carbons (Fsp3) is 0.0476. The second-order valence-corrected chi connectivity index (χ2v) is 7.20. The van der Waals surface area contributed by atoms with Gasteiger partial charge in [-0.1, -0.05) is 36.4 Å². The van der Waals surface area contributed by atoms with Crippen molar-refractivity contribution in [2.45, 2.75) is 6.42 Å². The Labute approximate surface area is 153 Å². The van der Waals surface area contributed by atoms with E-state index in [9.17, 15) is 14.7 Å². The Bertz CT molecular complexity index is 1150. The number of nitrogens with one attached hydrogen (secondary N) is 1. The van der Waals surface area contributed by atoms with Crippen LogP contribution in [-0.4, -0.2) is 16.1 Å². The Morgan fingerprint density at radius 3 is 2.65 bits per heavy atom. The van der Waals surface area contributed by atoms with Crippen LogP contribution in [0.5, 0.6) is 0 Å². The summed E-state index contributed by atoms with van der Waals surface area (Å²) in [6.07, 6.45) is 2.48. The monoisotopic (exact) mass is 361 g/mol. The molecule has 128 valence electrons. The standard InChI is InChI=1S/C21H15NO3S/c23-19-8-7-13(12-22-19)9-17-11-15-4-2-6-18(20(15)26-17)14-3-1-5-16(10-14)21(24)25/h1-8,10-12H,9H2,(H,22,23)(H,24,25). The molecule has 0 atom stereocenters. The Kier molecular flexibility index (Phi) is 4.14. The Morgan fingerprint density at radius 2 is 1.88 bits per heavy atom. The molecule has 2 N–H and O–H groups in total. The first-order chi connectivity index (χ1) is 12.6. The zero-order valence-corrected chi connectivity index (χ0v) is 14.5. The van der Waals surface area contributed by atoms with Gasteiger partial charge in [-0.15, -0.1) is 11.3 Å². The highest BCUT2D eigenvalue weighted by Gasteiger charge is 2.11. The number of aromatic nitrogens is 1. The van der Waals surface area contributed by atoms with Crippen molar-refractivity contribution < 1.29 is 9.90 Å². The van der Waals surface area contributed by atoms with E-state index in [1.54, 1.807) is 35.7 Å². The van der Waals surface area contributed by atoms with E-state index in [0.29, 0.717) is 0 Å². The summed E-state index contributed by atoms with van der Waals surface area (Å²) < 4.78 is 1.13. The summed E-state index contributed by atoms with van der Waals surface area (Å²) >= 11 is 1.69. The number of hydrogen-bond donors (Lipinski definition) is 2. The molecule has 0 unspecified atom stereocenters. The number of fused-ring (bicyclic) bond motifs is 1. The molecule has 0 saturated carbocycles. The highest BCUT2D eigenvalue weighted by Crippen LogP contribution is 2.36. The number of H-pyrrole nitrogens is 1. The molecule has 0 aliphatic rings. The van der Waals surface area contributed by atoms with Crippen LogP contribution >= 0.6 is 11.3 Å². The number of aromatic carboxylic acids is 1. The van der Waals surface area contributed by atoms with Gasteiger partial charge in [0.1, 0.15) is 0 Å². The van der Waals surface area contributed by atoms with Gasteiger partial charge in [0, 0.05) is 28.3 Å². The van der Waals surface area contributed by atoms with Gasteiger partial charge < -0.3 is 10.1 Å². The van der Waals surface area contributed by atoms with Crippen molar-refractivity contribution in [1.82, 2.24) is 4.98 Å². The molecule has 4 rings (SSSR count). The lowest BCUT2D eigenvalue weighted by molar-refractivity contribution is 0.0697. The van der Waals surface area contributed by atoms with Crippen molar-refractivity contribution in [3.05, 3.63) is 93.2 Å². The first kappa shape index (κ1) is 16.3. The predicted molar refractivity (Wildman–Crippen MR) is 104 cm³/mol. The van der Waals surface area contributed by atoms with Gasteiger partial charge in [-0.25, -0.2) is 4.79 Å². The maximum atomic E-state index is 11.3. The SMILES string of the molecule is O=C(O)c1cccc(-c2cccc3cc(Cc4ccc(=O)[nH]c4)sc23)c1. The van der Waals surface area contributed by atoms with E-state index in [4.69, 9.17) is 0 Å². The van der Waals surface area contributed by atoms with Gasteiger partial charge in [0.15, 0.2) is 0 Å². The van der Waals surface area contributed by atoms with E-state index in [1.807, 2.05) is 24.3 Å². The quantitative estimate of drug-likeness (QED) is 0.560. The molecule has 4 nitrogen and oxygen atoms in total. The molecule has 2 aromatic carbocycles. The highest BCUT2D eigenvalue weighted by atomic mass is 32.1. The van der Waals surface area contributed by atoms with E-state index in [1.165, 1.54) is 10.9 Å². The zero-order chi connectivity index (χ0) is 18.1. The van der Waals surface area contributed by atoms with E-state index in [-0.39, 0.29) is 11.1 Å². The second-order valence-electron chi connectivity index (χ2n) is 6.06. The third-order valence-electron chi connectivity index (χ3n) is 4.24. The number of benzene rings is 2. The smallest absolute Gasteiger partial charge is 0.335 e. The lowest BCUT2D eigenvalue weighted by atomic mass is 10.0. The van der Waals surface area contributed by atoms with Crippen LogP contribution < -0.4 is 5.56 Å². The summed E-state index contributed by atoms with van der Waals surface area (Å²) in [6.45, 7) is 0. The zero-order valence-electron chi connectivity index (χ0n) is 13.7. The Hall–Kier alpha value is -3.18. The lowest BCUT2D eigenvalue weighted by Gasteiger charge is -2.04. The molecular weight excluding hydrogens is 346 g/mol. The number of hydrogen-bond acceptors (Lipinski definition) is 3. The number of thiophene rings is 1. The third-order valence-corrected chi connectivity index (χ3v) is 5.43. The summed E-state index contributed by atoms with van der Waals surface area (Å²) in [4.78, 5) is 26.3. The van der Waals surface area contributed by atoms with Crippen molar-refractivity contribution in [3.8, 4) is 11.1 Å². The highest BCUT2D eigenvalue weighted by molar-refractivity contribution is 7.19. The van der Waals surface area contributed by atoms with Gasteiger partial charge in [-0.3, -0.25) is 4.79 Å². The molecular formula is C21H15NO3S. The first-order valence-corrected chi connectivity index (χ1v) is 8.94. The molecule has 0 amide bonds. The van der Waals surface area contributed by atoms with E-state index >= 15 is 0 Å². The number of carboxylic acid groups (broad SMARTS) is 1. The van der Waals surface area contributed by atoms with Crippen molar-refractivity contribution in [3.63, 3.8) is 0 Å². The largest absolute Gasteiger partial charge is 0.478 e. The van der Waals surface area contributed by atoms with Gasteiger partial charge in [0.05, 0.1) is 5.56 Å². The molecule has 0 aliphatic carbocycles. The number of rotatable bonds is 4. The van der Waals surface area contributed by atoms with Gasteiger partial charge in [0.25, 0.3) is 0 Å². The van der Waals surface area contributed by atoms with Gasteiger partial charge in [-0.05, 0) is 40.3 Å². The van der Waals surface area contributed by atoms with E-state index < -0.39 is 5.97 Å². The number of carboxylic acids is 1. The fourth-order valence-electron chi connectivity index (χ4n) is 3.00. The van der Waals surface area contributed by atoms with Crippen molar-refractivity contribution >= 4 is 27.4 Å². The summed E-state index contributed by atoms with van der Waals surface area (Å²) in [5, 5.41) is 10.4. The van der Waals surface area contributed by atoms with Gasteiger partial charge in [-0.2, -0.15) is 0 Å². The molecule has 0 bridgehead atoms. The van der Waals surface area contributed by atoms with Crippen LogP contribution in [0.2, 0.25) is 0 Å². The lowest BCUT2D eigenvalue weighted by Crippen LogP contribution is -2.02. The molecule has 2 aromatic heterocycles. The minimum atomic E-state index is -0.927. The number of pyridine rings is 1. The maximum absolute atomic E-state index is 11.3. The van der Waals surface area contributed by atoms with Gasteiger partial charge in [0.2, 0.25) is 5.56 Å². The normalized spacial score (nSPS) is 10.9. The average Bonchev–Trinajstić information content (AvgIpc) is 3.06. The summed E-state index contributed by atoms with van der Waals surface area (Å²) in [5.74, 6) is -0.927. The average molecular weight is 361 g/mol. The van der Waals surface area contributed by atoms with Crippen LogP contribution in [0.1, 0.15) is 20.8 Å². The molecule has 0 spiro atoms. The minimum Gasteiger partial charge on any atom is -0.478 e. The number of carbonyl (C=O) groups is 1. The molecule has 0 radical (unpaired) electrons. The van der Waals surface area contributed by atoms with Crippen LogP contribution in [0.3, 0.4) is 0 Å². The second kappa shape index (κ2) is 6.61. The maximum Gasteiger partial charge on any atom is 0.335 e. The van der Waals surface area contributed by atoms with Crippen molar-refractivity contribution in [2.75, 3.05) is 0 Å². The molecule has 0 aliphatic heterocycles. The van der Waals surface area contributed by atoms with Crippen LogP contribution in [0.4, 0.5) is 0 Å². The molecule has 26 heavy (non-hydrogen) atoms. The van der Waals surface area contributed by atoms with Gasteiger partial charge >= 0.3 is 5.97 Å². The van der Waals surface area contributed by atoms with Crippen LogP contribution in [0, 0.1) is 0 Å². The van der Waals surface area contributed by atoms with E-state index in [0.717, 1.165) is 33.2 Å². The van der Waals surface area contributed by atoms with E-state index in [2.05, 4.69) is 17.1 Å². The first-order valence-electron chi connectivity index (χ1n) is 8.13. The molecule has 4 aromatic rings. The molecule has 5 heteroatoms. The van der Waals surface area contributed by atoms with Crippen molar-refractivity contribution in [2.24, 2.45) is 0 Å². The van der Waals surface area contributed by atoms with Crippen molar-refractivity contribution in [1.29, 1.82) is 0 Å². The summed E-state index contributed by atoms with van der Waals surface area (Å²) in [6, 6.07) is 18.6. The van der Waals surface area contributed by atoms with Crippen LogP contribution in [0.25, 0.3) is 21.2 Å².